The van der Waals surface area contributed by atoms with E-state index in [2.05, 4.69) is 6.92 Å². The third-order valence-electron chi connectivity index (χ3n) is 6.22. The predicted molar refractivity (Wildman–Crippen MR) is 133 cm³/mol. The van der Waals surface area contributed by atoms with E-state index in [1.807, 2.05) is 0 Å². The molecule has 0 amide bonds. The highest BCUT2D eigenvalue weighted by molar-refractivity contribution is 6.36. The number of unbranched alkanes of at least 4 members (excludes halogenated alkanes) is 14. The second kappa shape index (κ2) is 22.9. The van der Waals surface area contributed by atoms with E-state index >= 15 is 0 Å². The molecule has 0 saturated heterocycles. The van der Waals surface area contributed by atoms with Crippen LogP contribution in [0.4, 0.5) is 0 Å². The molecule has 0 atom stereocenters. The van der Waals surface area contributed by atoms with Gasteiger partial charge in [0.1, 0.15) is 11.6 Å². The van der Waals surface area contributed by atoms with Crippen molar-refractivity contribution in [1.82, 2.24) is 0 Å². The van der Waals surface area contributed by atoms with Gasteiger partial charge in [-0.15, -0.1) is 0 Å². The Hall–Kier alpha value is -1.32. The summed E-state index contributed by atoms with van der Waals surface area (Å²) in [6.07, 6.45) is 22.1. The summed E-state index contributed by atoms with van der Waals surface area (Å²) in [5, 5.41) is 0. The molecule has 0 heterocycles. The van der Waals surface area contributed by atoms with Crippen LogP contribution in [0.1, 0.15) is 155 Å². The summed E-state index contributed by atoms with van der Waals surface area (Å²) in [6.45, 7) is 3.57. The molecular weight excluding hydrogens is 400 g/mol. The van der Waals surface area contributed by atoms with Crippen molar-refractivity contribution in [2.75, 3.05) is 0 Å². The summed E-state index contributed by atoms with van der Waals surface area (Å²) < 4.78 is 0. The van der Waals surface area contributed by atoms with Crippen LogP contribution in [0.3, 0.4) is 0 Å². The Morgan fingerprint density at radius 1 is 0.406 bits per heavy atom. The molecule has 0 saturated carbocycles. The van der Waals surface area contributed by atoms with Crippen LogP contribution in [0.15, 0.2) is 0 Å². The molecule has 0 aromatic heterocycles. The van der Waals surface area contributed by atoms with E-state index in [0.29, 0.717) is 37.2 Å². The van der Waals surface area contributed by atoms with Gasteiger partial charge in [-0.3, -0.25) is 19.2 Å². The molecule has 0 fully saturated rings. The third-order valence-corrected chi connectivity index (χ3v) is 6.22. The number of carbonyl (C=O) groups excluding carboxylic acids is 4. The van der Waals surface area contributed by atoms with Crippen LogP contribution in [0.2, 0.25) is 0 Å². The van der Waals surface area contributed by atoms with Crippen LogP contribution in [0, 0.1) is 0 Å². The van der Waals surface area contributed by atoms with Crippen molar-refractivity contribution in [2.45, 2.75) is 155 Å². The second-order valence-electron chi connectivity index (χ2n) is 9.46. The molecule has 0 aliphatic rings. The minimum atomic E-state index is -0.360. The SMILES string of the molecule is CCCCCCCCCCCCC(=O)CCCCCC(=O)CCCCCCC(=O)C(C)=O. The number of rotatable bonds is 25. The molecule has 0 rings (SSSR count). The van der Waals surface area contributed by atoms with Gasteiger partial charge in [-0.2, -0.15) is 0 Å². The summed E-state index contributed by atoms with van der Waals surface area (Å²) in [5.41, 5.74) is 0. The van der Waals surface area contributed by atoms with E-state index in [-0.39, 0.29) is 11.6 Å². The van der Waals surface area contributed by atoms with Gasteiger partial charge in [0, 0.05) is 39.0 Å². The fourth-order valence-corrected chi connectivity index (χ4v) is 4.02. The molecular formula is C28H50O4. The van der Waals surface area contributed by atoms with E-state index in [9.17, 15) is 19.2 Å². The van der Waals surface area contributed by atoms with E-state index in [0.717, 1.165) is 57.8 Å². The van der Waals surface area contributed by atoms with Crippen molar-refractivity contribution in [3.05, 3.63) is 0 Å². The van der Waals surface area contributed by atoms with E-state index in [1.165, 1.54) is 64.7 Å². The van der Waals surface area contributed by atoms with Crippen LogP contribution in [0.25, 0.3) is 0 Å². The van der Waals surface area contributed by atoms with E-state index < -0.39 is 0 Å². The molecule has 0 bridgehead atoms. The lowest BCUT2D eigenvalue weighted by molar-refractivity contribution is -0.135. The summed E-state index contributed by atoms with van der Waals surface area (Å²) in [4.78, 5) is 45.9. The molecule has 0 aromatic carbocycles. The molecule has 186 valence electrons. The van der Waals surface area contributed by atoms with Crippen LogP contribution >= 0.6 is 0 Å². The smallest absolute Gasteiger partial charge is 0.198 e. The highest BCUT2D eigenvalue weighted by Gasteiger charge is 2.07. The molecule has 0 aliphatic carbocycles. The second-order valence-corrected chi connectivity index (χ2v) is 9.46. The lowest BCUT2D eigenvalue weighted by atomic mass is 10.0. The van der Waals surface area contributed by atoms with Crippen LogP contribution in [-0.2, 0) is 19.2 Å². The first-order chi connectivity index (χ1) is 15.5. The zero-order valence-corrected chi connectivity index (χ0v) is 21.2. The zero-order valence-electron chi connectivity index (χ0n) is 21.2. The van der Waals surface area contributed by atoms with Crippen molar-refractivity contribution in [1.29, 1.82) is 0 Å². The minimum absolute atomic E-state index is 0.289. The molecule has 0 radical (unpaired) electrons. The number of Topliss-reactive ketones (excluding diaryl/α,β-unsaturated/α-hetero) is 4. The number of hydrogen-bond donors (Lipinski definition) is 0. The van der Waals surface area contributed by atoms with Gasteiger partial charge in [-0.25, -0.2) is 0 Å². The monoisotopic (exact) mass is 450 g/mol. The fraction of sp³-hybridized carbons (Fsp3) is 0.857. The largest absolute Gasteiger partial charge is 0.300 e. The van der Waals surface area contributed by atoms with E-state index in [1.54, 1.807) is 0 Å². The van der Waals surface area contributed by atoms with Crippen molar-refractivity contribution < 1.29 is 19.2 Å². The Balaban J connectivity index is 3.36. The summed E-state index contributed by atoms with van der Waals surface area (Å²) in [5.74, 6) is 0.0457. The lowest BCUT2D eigenvalue weighted by Gasteiger charge is -2.04. The molecule has 0 aromatic rings. The van der Waals surface area contributed by atoms with Crippen molar-refractivity contribution >= 4 is 23.1 Å². The first kappa shape index (κ1) is 30.7. The van der Waals surface area contributed by atoms with Crippen molar-refractivity contribution in [3.8, 4) is 0 Å². The van der Waals surface area contributed by atoms with Crippen LogP contribution in [-0.4, -0.2) is 23.1 Å². The third kappa shape index (κ3) is 21.9. The number of hydrogen-bond acceptors (Lipinski definition) is 4. The van der Waals surface area contributed by atoms with Crippen molar-refractivity contribution in [3.63, 3.8) is 0 Å². The van der Waals surface area contributed by atoms with Crippen LogP contribution < -0.4 is 0 Å². The Morgan fingerprint density at radius 3 is 1.03 bits per heavy atom. The lowest BCUT2D eigenvalue weighted by Crippen LogP contribution is -2.08. The van der Waals surface area contributed by atoms with Gasteiger partial charge in [0.2, 0.25) is 0 Å². The van der Waals surface area contributed by atoms with Gasteiger partial charge >= 0.3 is 0 Å². The molecule has 4 nitrogen and oxygen atoms in total. The Labute approximate surface area is 197 Å². The highest BCUT2D eigenvalue weighted by Crippen LogP contribution is 2.13. The predicted octanol–water partition coefficient (Wildman–Crippen LogP) is 7.88. The average Bonchev–Trinajstić information content (AvgIpc) is 2.76. The number of carbonyl (C=O) groups is 4. The fourth-order valence-electron chi connectivity index (χ4n) is 4.02. The summed E-state index contributed by atoms with van der Waals surface area (Å²) >= 11 is 0. The maximum Gasteiger partial charge on any atom is 0.198 e. The Bertz CT molecular complexity index is 510. The van der Waals surface area contributed by atoms with Crippen molar-refractivity contribution in [2.24, 2.45) is 0 Å². The summed E-state index contributed by atoms with van der Waals surface area (Å²) in [7, 11) is 0. The zero-order chi connectivity index (χ0) is 23.9. The quantitative estimate of drug-likeness (QED) is 0.105. The topological polar surface area (TPSA) is 68.3 Å². The average molecular weight is 451 g/mol. The first-order valence-corrected chi connectivity index (χ1v) is 13.5. The molecule has 32 heavy (non-hydrogen) atoms. The minimum Gasteiger partial charge on any atom is -0.300 e. The highest BCUT2D eigenvalue weighted by atomic mass is 16.2. The normalized spacial score (nSPS) is 10.9. The van der Waals surface area contributed by atoms with Gasteiger partial charge in [0.15, 0.2) is 11.6 Å². The molecule has 0 spiro atoms. The summed E-state index contributed by atoms with van der Waals surface area (Å²) in [6, 6.07) is 0. The standard InChI is InChI=1S/C28H50O4/c1-3-4-5-6-7-8-9-10-11-15-20-26(30)22-17-14-18-23-27(31)21-16-12-13-19-24-28(32)25(2)29/h3-24H2,1-2H3. The Morgan fingerprint density at radius 2 is 0.688 bits per heavy atom. The molecule has 0 N–H and O–H groups in total. The maximum absolute atomic E-state index is 12.0. The first-order valence-electron chi connectivity index (χ1n) is 13.5. The maximum atomic E-state index is 12.0. The van der Waals surface area contributed by atoms with Gasteiger partial charge in [-0.05, 0) is 32.1 Å². The Kier molecular flexibility index (Phi) is 21.9. The van der Waals surface area contributed by atoms with Crippen LogP contribution in [0.5, 0.6) is 0 Å². The van der Waals surface area contributed by atoms with Gasteiger partial charge in [0.05, 0.1) is 0 Å². The van der Waals surface area contributed by atoms with Gasteiger partial charge in [-0.1, -0.05) is 84.0 Å². The molecule has 0 unspecified atom stereocenters. The van der Waals surface area contributed by atoms with E-state index in [4.69, 9.17) is 0 Å². The number of ketones is 4. The molecule has 0 aliphatic heterocycles. The molecule has 4 heteroatoms. The van der Waals surface area contributed by atoms with Gasteiger partial charge < -0.3 is 0 Å². The van der Waals surface area contributed by atoms with Gasteiger partial charge in [0.25, 0.3) is 0 Å².